The molecule has 0 radical (unpaired) electrons. The van der Waals surface area contributed by atoms with Gasteiger partial charge in [0.25, 0.3) is 26.0 Å². The molecule has 2 heterocycles. The van der Waals surface area contributed by atoms with Crippen LogP contribution in [0.25, 0.3) is 22.3 Å². The van der Waals surface area contributed by atoms with Crippen LogP contribution in [0, 0.1) is 0 Å². The summed E-state index contributed by atoms with van der Waals surface area (Å²) < 4.78 is 78.8. The molecule has 0 atom stereocenters. The third kappa shape index (κ3) is 19.1. The second-order valence-corrected chi connectivity index (χ2v) is 23.4. The summed E-state index contributed by atoms with van der Waals surface area (Å²) in [6.07, 6.45) is -0.657. The third-order valence-electron chi connectivity index (χ3n) is 11.3. The van der Waals surface area contributed by atoms with E-state index in [1.165, 1.54) is 35.2 Å². The van der Waals surface area contributed by atoms with Gasteiger partial charge in [0.15, 0.2) is 0 Å². The summed E-state index contributed by atoms with van der Waals surface area (Å²) in [7, 11) is -5.77. The first kappa shape index (κ1) is 65.6. The Kier molecular flexibility index (Phi) is 22.7. The maximum Gasteiger partial charge on any atom is 0.335 e. The lowest BCUT2D eigenvalue weighted by molar-refractivity contribution is 0.00587. The van der Waals surface area contributed by atoms with Crippen LogP contribution in [-0.2, 0) is 20.0 Å². The normalized spacial score (nSPS) is 13.2. The Balaban J connectivity index is 0.000000314. The smallest absolute Gasteiger partial charge is 0.335 e. The van der Waals surface area contributed by atoms with Gasteiger partial charge in [-0.25, -0.2) is 40.7 Å². The number of nitrogens with zero attached hydrogens (tertiary/aromatic N) is 1. The van der Waals surface area contributed by atoms with E-state index in [0.717, 1.165) is 41.4 Å². The third-order valence-corrected chi connectivity index (χ3v) is 14.0. The summed E-state index contributed by atoms with van der Waals surface area (Å²) in [6, 6.07) is 34.3. The highest BCUT2D eigenvalue weighted by molar-refractivity contribution is 7.90. The van der Waals surface area contributed by atoms with Gasteiger partial charge >= 0.3 is 18.0 Å². The average Bonchev–Trinajstić information content (AvgIpc) is 3.38. The molecule has 0 bridgehead atoms. The van der Waals surface area contributed by atoms with Crippen LogP contribution < -0.4 is 44.3 Å². The van der Waals surface area contributed by atoms with E-state index in [1.54, 1.807) is 92.2 Å². The van der Waals surface area contributed by atoms with Crippen molar-refractivity contribution in [2.45, 2.75) is 82.0 Å². The first-order valence-corrected chi connectivity index (χ1v) is 27.5. The van der Waals surface area contributed by atoms with E-state index in [0.29, 0.717) is 23.0 Å². The number of β-amino-alcohol motifs (C(OH)–C–C–N with tert-alkyl or cyclic N) is 2. The molecule has 6 aromatic carbocycles. The zero-order valence-corrected chi connectivity index (χ0v) is 47.5. The molecule has 5 amide bonds. The fourth-order valence-electron chi connectivity index (χ4n) is 7.33. The van der Waals surface area contributed by atoms with Crippen molar-refractivity contribution >= 4 is 56.4 Å². The van der Waals surface area contributed by atoms with Crippen molar-refractivity contribution in [1.82, 2.24) is 30.3 Å². The molecule has 0 spiro atoms. The SMILES string of the molecule is C.COc1ccc(-c2cccc(Oc3ccc(C(=O)N4CC(O)C4)cc3S(=O)(=O)NC(=O)NC(C)(C)C)c2)cc1.COc1ccc(-c2cccc(Oc3ccc(C(=O)O)cc3S(=O)(=O)NC(=O)NC(C)(C)C)c2)cc1.Cl.OC1CNC1. The first-order chi connectivity index (χ1) is 37.1. The van der Waals surface area contributed by atoms with Gasteiger partial charge in [0.2, 0.25) is 0 Å². The monoisotopic (exact) mass is 1180 g/mol. The number of benzene rings is 6. The van der Waals surface area contributed by atoms with Crippen molar-refractivity contribution in [1.29, 1.82) is 0 Å². The summed E-state index contributed by atoms with van der Waals surface area (Å²) in [5.41, 5.74) is 1.84. The molecule has 8 N–H and O–H groups in total. The number of sulfonamides is 2. The van der Waals surface area contributed by atoms with Gasteiger partial charge in [-0.3, -0.25) is 4.79 Å². The van der Waals surface area contributed by atoms with Crippen LogP contribution >= 0.6 is 12.4 Å². The lowest BCUT2D eigenvalue weighted by Gasteiger charge is -2.36. The van der Waals surface area contributed by atoms with E-state index < -0.39 is 66.1 Å². The lowest BCUT2D eigenvalue weighted by atomic mass is 10.1. The molecule has 2 fully saturated rings. The molecule has 0 unspecified atom stereocenters. The second kappa shape index (κ2) is 28.0. The van der Waals surface area contributed by atoms with Crippen molar-refractivity contribution in [3.63, 3.8) is 0 Å². The van der Waals surface area contributed by atoms with Crippen LogP contribution in [0.2, 0.25) is 0 Å². The molecule has 8 rings (SSSR count). The number of rotatable bonds is 14. The van der Waals surface area contributed by atoms with Gasteiger partial charge in [-0.2, -0.15) is 0 Å². The molecule has 0 saturated carbocycles. The first-order valence-electron chi connectivity index (χ1n) is 24.5. The van der Waals surface area contributed by atoms with E-state index in [1.807, 2.05) is 70.1 Å². The maximum absolute atomic E-state index is 13.3. The lowest BCUT2D eigenvalue weighted by Crippen LogP contribution is -2.53. The summed E-state index contributed by atoms with van der Waals surface area (Å²) >= 11 is 0. The van der Waals surface area contributed by atoms with Gasteiger partial charge in [0.1, 0.15) is 44.3 Å². The van der Waals surface area contributed by atoms with Crippen LogP contribution in [0.3, 0.4) is 0 Å². The highest BCUT2D eigenvalue weighted by Crippen LogP contribution is 2.35. The number of nitrogens with one attached hydrogen (secondary N) is 5. The Morgan fingerprint density at radius 1 is 0.543 bits per heavy atom. The molecule has 436 valence electrons. The number of carboxylic acids is 1. The molecular weight excluding hydrogens is 1110 g/mol. The van der Waals surface area contributed by atoms with Gasteiger partial charge in [-0.1, -0.05) is 56.0 Å². The van der Waals surface area contributed by atoms with Crippen LogP contribution in [0.1, 0.15) is 69.7 Å². The average molecular weight is 1180 g/mol. The number of carboxylic acid groups (broad SMARTS) is 1. The Labute approximate surface area is 478 Å². The quantitative estimate of drug-likeness (QED) is 0.0508. The molecule has 2 saturated heterocycles. The molecule has 6 aromatic rings. The number of likely N-dealkylation sites (tertiary alicyclic amines) is 1. The van der Waals surface area contributed by atoms with E-state index in [2.05, 4.69) is 16.0 Å². The Morgan fingerprint density at radius 2 is 0.926 bits per heavy atom. The topological polar surface area (TPSA) is 298 Å². The Morgan fingerprint density at radius 3 is 1.26 bits per heavy atom. The van der Waals surface area contributed by atoms with Crippen LogP contribution in [-0.4, -0.2) is 125 Å². The number of urea groups is 2. The second-order valence-electron chi connectivity index (χ2n) is 20.1. The molecule has 0 aromatic heterocycles. The standard InChI is InChI=1S/C28H31N3O7S.C25H26N2O7S.C3H7NO.CH4.ClH/c1-28(2,3)29-27(34)30-39(35,36)25-15-20(26(33)31-16-21(32)17-31)10-13-24(25)38-23-7-5-6-19(14-23)18-8-11-22(37-4)12-9-18;1-25(2,3)26-24(30)27-35(31,32)22-15-18(23(28)29)10-13-21(22)34-20-7-5-6-17(14-20)16-8-11-19(33-4)12-9-16;5-3-1-4-2-3;;/h5-15,21,32H,16-17H2,1-4H3,(H2,29,30,34);5-15H,1-4H3,(H,28,29)(H2,26,27,30);3-5H,1-2H2;1H4;1H. The molecule has 24 heteroatoms. The molecular formula is C57H69ClN6O15S2. The molecule has 21 nitrogen and oxygen atoms in total. The summed E-state index contributed by atoms with van der Waals surface area (Å²) in [5.74, 6) is 0.110. The highest BCUT2D eigenvalue weighted by atomic mass is 35.5. The Bertz CT molecular complexity index is 3380. The van der Waals surface area contributed by atoms with Crippen molar-refractivity contribution in [2.75, 3.05) is 40.4 Å². The van der Waals surface area contributed by atoms with Gasteiger partial charge in [-0.05, 0) is 149 Å². The number of aliphatic hydroxyl groups is 2. The zero-order chi connectivity index (χ0) is 57.9. The minimum absolute atomic E-state index is 0. The van der Waals surface area contributed by atoms with Crippen LogP contribution in [0.4, 0.5) is 9.59 Å². The fourth-order valence-corrected chi connectivity index (χ4v) is 9.46. The summed E-state index contributed by atoms with van der Waals surface area (Å²) in [6.45, 7) is 12.1. The van der Waals surface area contributed by atoms with E-state index in [9.17, 15) is 46.2 Å². The van der Waals surface area contributed by atoms with Crippen molar-refractivity contribution in [3.05, 3.63) is 145 Å². The highest BCUT2D eigenvalue weighted by Gasteiger charge is 2.32. The predicted molar refractivity (Wildman–Crippen MR) is 309 cm³/mol. The van der Waals surface area contributed by atoms with E-state index in [4.69, 9.17) is 24.1 Å². The number of aromatic carboxylic acids is 1. The predicted octanol–water partition coefficient (Wildman–Crippen LogP) is 8.41. The van der Waals surface area contributed by atoms with E-state index >= 15 is 0 Å². The largest absolute Gasteiger partial charge is 0.497 e. The van der Waals surface area contributed by atoms with Crippen LogP contribution in [0.5, 0.6) is 34.5 Å². The minimum Gasteiger partial charge on any atom is -0.497 e. The Hall–Kier alpha value is -7.93. The number of carbonyl (C=O) groups is 4. The molecule has 81 heavy (non-hydrogen) atoms. The maximum atomic E-state index is 13.3. The minimum atomic E-state index is -4.47. The zero-order valence-electron chi connectivity index (χ0n) is 45.1. The molecule has 2 aliphatic heterocycles. The number of hydrogen-bond acceptors (Lipinski definition) is 15. The number of hydrogen-bond donors (Lipinski definition) is 8. The number of amides is 5. The summed E-state index contributed by atoms with van der Waals surface area (Å²) in [4.78, 5) is 49.5. The van der Waals surface area contributed by atoms with Crippen molar-refractivity contribution < 1.29 is 70.3 Å². The van der Waals surface area contributed by atoms with Gasteiger partial charge in [0.05, 0.1) is 32.0 Å². The van der Waals surface area contributed by atoms with Crippen LogP contribution in [0.15, 0.2) is 143 Å². The van der Waals surface area contributed by atoms with Crippen molar-refractivity contribution in [2.24, 2.45) is 0 Å². The molecule has 0 aliphatic carbocycles. The number of carbonyl (C=O) groups excluding carboxylic acids is 3. The fraction of sp³-hybridized carbons (Fsp3) is 0.298. The van der Waals surface area contributed by atoms with Gasteiger partial charge < -0.3 is 55.1 Å². The van der Waals surface area contributed by atoms with E-state index in [-0.39, 0.29) is 66.5 Å². The number of halogens is 1. The van der Waals surface area contributed by atoms with Crippen molar-refractivity contribution in [3.8, 4) is 56.8 Å². The number of aliphatic hydroxyl groups excluding tert-OH is 2. The molecule has 2 aliphatic rings. The van der Waals surface area contributed by atoms with Gasteiger partial charge in [-0.15, -0.1) is 12.4 Å². The van der Waals surface area contributed by atoms with Gasteiger partial charge in [0, 0.05) is 42.8 Å². The summed E-state index contributed by atoms with van der Waals surface area (Å²) in [5, 5.41) is 35.2. The number of ether oxygens (including phenoxy) is 4. The number of methoxy groups -OCH3 is 2.